The summed E-state index contributed by atoms with van der Waals surface area (Å²) in [4.78, 5) is 33.3. The van der Waals surface area contributed by atoms with Crippen LogP contribution in [0.5, 0.6) is 0 Å². The van der Waals surface area contributed by atoms with Gasteiger partial charge in [0.05, 0.1) is 21.2 Å². The third-order valence-corrected chi connectivity index (χ3v) is 3.24. The Morgan fingerprint density at radius 1 is 1.20 bits per heavy atom. The summed E-state index contributed by atoms with van der Waals surface area (Å²) in [7, 11) is 0. The second-order valence-electron chi connectivity index (χ2n) is 4.67. The molecule has 0 aromatic heterocycles. The Bertz CT molecular complexity index is 860. The van der Waals surface area contributed by atoms with E-state index in [0.717, 1.165) is 24.3 Å². The third kappa shape index (κ3) is 4.70. The first kappa shape index (κ1) is 18.3. The van der Waals surface area contributed by atoms with E-state index in [9.17, 15) is 28.5 Å². The molecule has 0 heterocycles. The SMILES string of the molecule is O=C(COC(=O)c1ccc(F)cc1F)Nc1ccc([N+](=O)[O-])cc1Cl. The van der Waals surface area contributed by atoms with E-state index in [1.54, 1.807) is 0 Å². The van der Waals surface area contributed by atoms with E-state index >= 15 is 0 Å². The van der Waals surface area contributed by atoms with Crippen LogP contribution in [0.1, 0.15) is 10.4 Å². The number of carbonyl (C=O) groups is 2. The highest BCUT2D eigenvalue weighted by Crippen LogP contribution is 2.26. The predicted octanol–water partition coefficient (Wildman–Crippen LogP) is 3.32. The van der Waals surface area contributed by atoms with Crippen molar-refractivity contribution in [1.82, 2.24) is 0 Å². The van der Waals surface area contributed by atoms with Crippen LogP contribution in [0.3, 0.4) is 0 Å². The lowest BCUT2D eigenvalue weighted by atomic mass is 10.2. The minimum atomic E-state index is -1.15. The zero-order valence-electron chi connectivity index (χ0n) is 12.3. The van der Waals surface area contributed by atoms with Gasteiger partial charge in [0.15, 0.2) is 6.61 Å². The van der Waals surface area contributed by atoms with Gasteiger partial charge in [-0.25, -0.2) is 13.6 Å². The van der Waals surface area contributed by atoms with Gasteiger partial charge in [0.2, 0.25) is 0 Å². The zero-order valence-corrected chi connectivity index (χ0v) is 13.0. The number of nitro benzene ring substituents is 1. The molecular formula is C15H9ClF2N2O5. The highest BCUT2D eigenvalue weighted by atomic mass is 35.5. The molecule has 2 rings (SSSR count). The molecular weight excluding hydrogens is 362 g/mol. The van der Waals surface area contributed by atoms with E-state index < -0.39 is 40.6 Å². The first-order chi connectivity index (χ1) is 11.8. The first-order valence-corrected chi connectivity index (χ1v) is 7.01. The maximum Gasteiger partial charge on any atom is 0.341 e. The number of nitro groups is 1. The van der Waals surface area contributed by atoms with Crippen molar-refractivity contribution in [3.05, 3.63) is 68.7 Å². The lowest BCUT2D eigenvalue weighted by molar-refractivity contribution is -0.384. The standard InChI is InChI=1S/C15H9ClF2N2O5/c16-11-6-9(20(23)24)2-4-13(11)19-14(21)7-25-15(22)10-3-1-8(17)5-12(10)18/h1-6H,7H2,(H,19,21). The van der Waals surface area contributed by atoms with Gasteiger partial charge in [-0.1, -0.05) is 11.6 Å². The number of amides is 1. The van der Waals surface area contributed by atoms with Crippen molar-refractivity contribution >= 4 is 34.9 Å². The molecule has 130 valence electrons. The van der Waals surface area contributed by atoms with Crippen LogP contribution < -0.4 is 5.32 Å². The number of hydrogen-bond donors (Lipinski definition) is 1. The molecule has 0 radical (unpaired) electrons. The molecule has 0 unspecified atom stereocenters. The summed E-state index contributed by atoms with van der Waals surface area (Å²) in [5.74, 6) is -3.93. The molecule has 0 atom stereocenters. The summed E-state index contributed by atoms with van der Waals surface area (Å²) in [6, 6.07) is 5.64. The number of esters is 1. The van der Waals surface area contributed by atoms with Crippen LogP contribution in [0.4, 0.5) is 20.2 Å². The van der Waals surface area contributed by atoms with Crippen LogP contribution in [0.15, 0.2) is 36.4 Å². The number of nitrogens with zero attached hydrogens (tertiary/aromatic N) is 1. The molecule has 2 aromatic carbocycles. The smallest absolute Gasteiger partial charge is 0.341 e. The van der Waals surface area contributed by atoms with Gasteiger partial charge >= 0.3 is 5.97 Å². The molecule has 25 heavy (non-hydrogen) atoms. The Morgan fingerprint density at radius 3 is 2.52 bits per heavy atom. The van der Waals surface area contributed by atoms with Gasteiger partial charge in [-0.2, -0.15) is 0 Å². The number of anilines is 1. The van der Waals surface area contributed by atoms with Crippen LogP contribution in [-0.2, 0) is 9.53 Å². The number of hydrogen-bond acceptors (Lipinski definition) is 5. The van der Waals surface area contributed by atoms with Crippen molar-refractivity contribution in [2.24, 2.45) is 0 Å². The topological polar surface area (TPSA) is 98.5 Å². The molecule has 0 fully saturated rings. The summed E-state index contributed by atoms with van der Waals surface area (Å²) in [6.07, 6.45) is 0. The fraction of sp³-hybridized carbons (Fsp3) is 0.0667. The van der Waals surface area contributed by atoms with Crippen LogP contribution >= 0.6 is 11.6 Å². The third-order valence-electron chi connectivity index (χ3n) is 2.92. The molecule has 0 saturated heterocycles. The van der Waals surface area contributed by atoms with Gasteiger partial charge in [0.1, 0.15) is 11.6 Å². The average Bonchev–Trinajstić information content (AvgIpc) is 2.54. The van der Waals surface area contributed by atoms with Crippen LogP contribution in [0, 0.1) is 21.7 Å². The summed E-state index contributed by atoms with van der Waals surface area (Å²) < 4.78 is 30.8. The largest absolute Gasteiger partial charge is 0.452 e. The molecule has 1 amide bonds. The highest BCUT2D eigenvalue weighted by Gasteiger charge is 2.16. The average molecular weight is 371 g/mol. The second kappa shape index (κ2) is 7.67. The Kier molecular flexibility index (Phi) is 5.60. The fourth-order valence-corrected chi connectivity index (χ4v) is 1.99. The van der Waals surface area contributed by atoms with Crippen LogP contribution in [-0.4, -0.2) is 23.4 Å². The van der Waals surface area contributed by atoms with E-state index in [1.807, 2.05) is 0 Å². The second-order valence-corrected chi connectivity index (χ2v) is 5.08. The van der Waals surface area contributed by atoms with E-state index in [2.05, 4.69) is 10.1 Å². The molecule has 0 bridgehead atoms. The van der Waals surface area contributed by atoms with E-state index in [-0.39, 0.29) is 16.4 Å². The van der Waals surface area contributed by atoms with Gasteiger partial charge in [-0.3, -0.25) is 14.9 Å². The van der Waals surface area contributed by atoms with Crippen molar-refractivity contribution in [3.8, 4) is 0 Å². The minimum Gasteiger partial charge on any atom is -0.452 e. The predicted molar refractivity (Wildman–Crippen MR) is 83.4 cm³/mol. The quantitative estimate of drug-likeness (QED) is 0.494. The number of halogens is 3. The lowest BCUT2D eigenvalue weighted by Gasteiger charge is -2.08. The van der Waals surface area contributed by atoms with E-state index in [4.69, 9.17) is 11.6 Å². The van der Waals surface area contributed by atoms with Gasteiger partial charge in [0, 0.05) is 18.2 Å². The number of rotatable bonds is 5. The number of non-ortho nitro benzene ring substituents is 1. The Hall–Kier alpha value is -3.07. The highest BCUT2D eigenvalue weighted by molar-refractivity contribution is 6.34. The van der Waals surface area contributed by atoms with Crippen LogP contribution in [0.2, 0.25) is 5.02 Å². The Labute approximate surface area is 144 Å². The van der Waals surface area contributed by atoms with E-state index in [1.165, 1.54) is 6.07 Å². The minimum absolute atomic E-state index is 0.0706. The van der Waals surface area contributed by atoms with Crippen molar-refractivity contribution in [2.75, 3.05) is 11.9 Å². The summed E-state index contributed by atoms with van der Waals surface area (Å²) in [6.45, 7) is -0.761. The Morgan fingerprint density at radius 2 is 1.92 bits per heavy atom. The molecule has 0 saturated carbocycles. The van der Waals surface area contributed by atoms with Crippen LogP contribution in [0.25, 0.3) is 0 Å². The van der Waals surface area contributed by atoms with Crippen molar-refractivity contribution in [3.63, 3.8) is 0 Å². The normalized spacial score (nSPS) is 10.2. The number of benzene rings is 2. The maximum atomic E-state index is 13.4. The molecule has 0 aliphatic rings. The van der Waals surface area contributed by atoms with Gasteiger partial charge in [-0.15, -0.1) is 0 Å². The maximum absolute atomic E-state index is 13.4. The number of carbonyl (C=O) groups excluding carboxylic acids is 2. The van der Waals surface area contributed by atoms with Crippen molar-refractivity contribution in [2.45, 2.75) is 0 Å². The van der Waals surface area contributed by atoms with Crippen molar-refractivity contribution < 1.29 is 28.0 Å². The molecule has 2 aromatic rings. The summed E-state index contributed by atoms with van der Waals surface area (Å²) in [5, 5.41) is 12.8. The van der Waals surface area contributed by atoms with Gasteiger partial charge in [-0.05, 0) is 18.2 Å². The molecule has 1 N–H and O–H groups in total. The molecule has 7 nitrogen and oxygen atoms in total. The molecule has 0 aliphatic carbocycles. The molecule has 0 spiro atoms. The number of ether oxygens (including phenoxy) is 1. The van der Waals surface area contributed by atoms with Gasteiger partial charge < -0.3 is 10.1 Å². The van der Waals surface area contributed by atoms with Gasteiger partial charge in [0.25, 0.3) is 11.6 Å². The monoisotopic (exact) mass is 370 g/mol. The number of nitrogens with one attached hydrogen (secondary N) is 1. The molecule has 0 aliphatic heterocycles. The van der Waals surface area contributed by atoms with E-state index in [0.29, 0.717) is 6.07 Å². The summed E-state index contributed by atoms with van der Waals surface area (Å²) in [5.41, 5.74) is -0.718. The molecule has 10 heteroatoms. The fourth-order valence-electron chi connectivity index (χ4n) is 1.77. The Balaban J connectivity index is 1.96. The van der Waals surface area contributed by atoms with Crippen molar-refractivity contribution in [1.29, 1.82) is 0 Å². The lowest BCUT2D eigenvalue weighted by Crippen LogP contribution is -2.21. The first-order valence-electron chi connectivity index (χ1n) is 6.64. The zero-order chi connectivity index (χ0) is 18.6. The summed E-state index contributed by atoms with van der Waals surface area (Å²) >= 11 is 5.80.